The number of nitrogens with one attached hydrogen (secondary N) is 1. The molecule has 1 aromatic rings. The number of carbonyl (C=O) groups is 1. The van der Waals surface area contributed by atoms with Gasteiger partial charge in [0.05, 0.1) is 5.56 Å². The van der Waals surface area contributed by atoms with E-state index in [2.05, 4.69) is 17.3 Å². The minimum atomic E-state index is 0.0696. The van der Waals surface area contributed by atoms with Gasteiger partial charge in [-0.15, -0.1) is 0 Å². The molecule has 1 aromatic heterocycles. The summed E-state index contributed by atoms with van der Waals surface area (Å²) < 4.78 is 0. The molecule has 1 atom stereocenters. The topological polar surface area (TPSA) is 71.2 Å². The summed E-state index contributed by atoms with van der Waals surface area (Å²) in [5.74, 6) is 6.59. The van der Waals surface area contributed by atoms with Gasteiger partial charge in [0, 0.05) is 19.3 Å². The van der Waals surface area contributed by atoms with Crippen molar-refractivity contribution in [3.05, 3.63) is 23.9 Å². The molecule has 0 aliphatic carbocycles. The van der Waals surface area contributed by atoms with Crippen LogP contribution in [0.1, 0.15) is 36.5 Å². The van der Waals surface area contributed by atoms with Crippen LogP contribution in [0.2, 0.25) is 0 Å². The first kappa shape index (κ1) is 12.8. The Labute approximate surface area is 107 Å². The van der Waals surface area contributed by atoms with Crippen molar-refractivity contribution in [2.45, 2.75) is 26.2 Å². The smallest absolute Gasteiger partial charge is 0.255 e. The summed E-state index contributed by atoms with van der Waals surface area (Å²) in [6.45, 7) is 3.94. The maximum atomic E-state index is 12.3. The second-order valence-corrected chi connectivity index (χ2v) is 4.90. The van der Waals surface area contributed by atoms with Crippen LogP contribution in [0.15, 0.2) is 18.3 Å². The lowest BCUT2D eigenvalue weighted by Gasteiger charge is -2.20. The van der Waals surface area contributed by atoms with Crippen LogP contribution < -0.4 is 11.3 Å². The maximum absolute atomic E-state index is 12.3. The van der Waals surface area contributed by atoms with Gasteiger partial charge >= 0.3 is 0 Å². The maximum Gasteiger partial charge on any atom is 0.255 e. The van der Waals surface area contributed by atoms with Crippen LogP contribution in [-0.2, 0) is 0 Å². The van der Waals surface area contributed by atoms with E-state index < -0.39 is 0 Å². The Hall–Kier alpha value is -1.62. The number of hydrazine groups is 1. The highest BCUT2D eigenvalue weighted by molar-refractivity contribution is 5.94. The monoisotopic (exact) mass is 248 g/mol. The van der Waals surface area contributed by atoms with Gasteiger partial charge in [-0.25, -0.2) is 10.8 Å². The average Bonchev–Trinajstić information content (AvgIpc) is 2.63. The molecule has 0 bridgehead atoms. The zero-order valence-corrected chi connectivity index (χ0v) is 10.7. The lowest BCUT2D eigenvalue weighted by molar-refractivity contribution is 0.0760. The fourth-order valence-corrected chi connectivity index (χ4v) is 2.25. The van der Waals surface area contributed by atoms with Crippen LogP contribution in [0, 0.1) is 5.92 Å². The van der Waals surface area contributed by atoms with E-state index in [0.717, 1.165) is 25.9 Å². The van der Waals surface area contributed by atoms with Crippen molar-refractivity contribution in [2.24, 2.45) is 11.8 Å². The summed E-state index contributed by atoms with van der Waals surface area (Å²) in [5, 5.41) is 0. The summed E-state index contributed by atoms with van der Waals surface area (Å²) in [6.07, 6.45) is 4.95. The molecule has 0 saturated carbocycles. The van der Waals surface area contributed by atoms with Gasteiger partial charge in [0.15, 0.2) is 0 Å². The molecule has 1 aliphatic rings. The zero-order valence-electron chi connectivity index (χ0n) is 10.7. The summed E-state index contributed by atoms with van der Waals surface area (Å²) in [4.78, 5) is 18.3. The molecule has 5 nitrogen and oxygen atoms in total. The molecule has 2 rings (SSSR count). The first-order chi connectivity index (χ1) is 8.70. The number of anilines is 1. The van der Waals surface area contributed by atoms with Crippen LogP contribution in [0.3, 0.4) is 0 Å². The van der Waals surface area contributed by atoms with Crippen molar-refractivity contribution in [1.82, 2.24) is 9.88 Å². The van der Waals surface area contributed by atoms with Gasteiger partial charge in [-0.1, -0.05) is 6.92 Å². The lowest BCUT2D eigenvalue weighted by Crippen LogP contribution is -2.32. The molecule has 0 radical (unpaired) electrons. The number of nitrogens with two attached hydrogens (primary N) is 1. The van der Waals surface area contributed by atoms with E-state index in [-0.39, 0.29) is 5.91 Å². The van der Waals surface area contributed by atoms with Gasteiger partial charge in [0.25, 0.3) is 5.91 Å². The fourth-order valence-electron chi connectivity index (χ4n) is 2.25. The summed E-state index contributed by atoms with van der Waals surface area (Å²) in [5.41, 5.74) is 3.08. The summed E-state index contributed by atoms with van der Waals surface area (Å²) >= 11 is 0. The molecule has 98 valence electrons. The van der Waals surface area contributed by atoms with Crippen LogP contribution in [0.25, 0.3) is 0 Å². The standard InChI is InChI=1S/C13H20N4O/c1-10-3-2-7-17(8-6-10)13(18)11-4-5-12(16-14)15-9-11/h4-5,9-10H,2-3,6-8,14H2,1H3,(H,15,16). The van der Waals surface area contributed by atoms with Crippen LogP contribution in [-0.4, -0.2) is 28.9 Å². The number of hydrogen-bond acceptors (Lipinski definition) is 4. The lowest BCUT2D eigenvalue weighted by atomic mass is 10.0. The van der Waals surface area contributed by atoms with E-state index in [9.17, 15) is 4.79 Å². The Balaban J connectivity index is 2.05. The molecule has 1 amide bonds. The number of amides is 1. The van der Waals surface area contributed by atoms with Gasteiger partial charge in [-0.2, -0.15) is 0 Å². The van der Waals surface area contributed by atoms with Crippen molar-refractivity contribution in [3.63, 3.8) is 0 Å². The van der Waals surface area contributed by atoms with E-state index in [0.29, 0.717) is 17.3 Å². The number of nitrogen functional groups attached to an aromatic ring is 1. The highest BCUT2D eigenvalue weighted by atomic mass is 16.2. The first-order valence-electron chi connectivity index (χ1n) is 6.42. The summed E-state index contributed by atoms with van der Waals surface area (Å²) in [7, 11) is 0. The van der Waals surface area contributed by atoms with E-state index in [1.165, 1.54) is 6.42 Å². The molecule has 3 N–H and O–H groups in total. The molecule has 1 saturated heterocycles. The Morgan fingerprint density at radius 3 is 2.94 bits per heavy atom. The predicted octanol–water partition coefficient (Wildman–Crippen LogP) is 1.63. The SMILES string of the molecule is CC1CCCN(C(=O)c2ccc(NN)nc2)CC1. The first-order valence-corrected chi connectivity index (χ1v) is 6.42. The number of hydrogen-bond donors (Lipinski definition) is 2. The molecule has 2 heterocycles. The number of nitrogens with zero attached hydrogens (tertiary/aromatic N) is 2. The van der Waals surface area contributed by atoms with Crippen molar-refractivity contribution < 1.29 is 4.79 Å². The van der Waals surface area contributed by atoms with Gasteiger partial charge in [0.1, 0.15) is 5.82 Å². The Morgan fingerprint density at radius 2 is 2.28 bits per heavy atom. The largest absolute Gasteiger partial charge is 0.339 e. The average molecular weight is 248 g/mol. The number of aromatic nitrogens is 1. The Morgan fingerprint density at radius 1 is 1.44 bits per heavy atom. The van der Waals surface area contributed by atoms with Crippen molar-refractivity contribution in [2.75, 3.05) is 18.5 Å². The third kappa shape index (κ3) is 2.98. The molecule has 0 aromatic carbocycles. The molecule has 18 heavy (non-hydrogen) atoms. The van der Waals surface area contributed by atoms with Crippen molar-refractivity contribution in [1.29, 1.82) is 0 Å². The van der Waals surface area contributed by atoms with Crippen LogP contribution in [0.5, 0.6) is 0 Å². The zero-order chi connectivity index (χ0) is 13.0. The number of rotatable bonds is 2. The molecule has 1 aliphatic heterocycles. The van der Waals surface area contributed by atoms with E-state index >= 15 is 0 Å². The molecule has 1 unspecified atom stereocenters. The number of likely N-dealkylation sites (tertiary alicyclic amines) is 1. The van der Waals surface area contributed by atoms with E-state index in [4.69, 9.17) is 5.84 Å². The third-order valence-electron chi connectivity index (χ3n) is 3.46. The normalized spacial score (nSPS) is 20.3. The highest BCUT2D eigenvalue weighted by Crippen LogP contribution is 2.18. The molecule has 5 heteroatoms. The highest BCUT2D eigenvalue weighted by Gasteiger charge is 2.19. The summed E-state index contributed by atoms with van der Waals surface area (Å²) in [6, 6.07) is 3.48. The minimum Gasteiger partial charge on any atom is -0.339 e. The van der Waals surface area contributed by atoms with Gasteiger partial charge in [-0.3, -0.25) is 4.79 Å². The predicted molar refractivity (Wildman–Crippen MR) is 71.0 cm³/mol. The van der Waals surface area contributed by atoms with Gasteiger partial charge < -0.3 is 10.3 Å². The minimum absolute atomic E-state index is 0.0696. The van der Waals surface area contributed by atoms with Crippen LogP contribution in [0.4, 0.5) is 5.82 Å². The second-order valence-electron chi connectivity index (χ2n) is 4.90. The fraction of sp³-hybridized carbons (Fsp3) is 0.538. The number of pyridine rings is 1. The quantitative estimate of drug-likeness (QED) is 0.616. The number of carbonyl (C=O) groups excluding carboxylic acids is 1. The van der Waals surface area contributed by atoms with Crippen molar-refractivity contribution in [3.8, 4) is 0 Å². The molecule has 1 fully saturated rings. The third-order valence-corrected chi connectivity index (χ3v) is 3.46. The Kier molecular flexibility index (Phi) is 4.15. The molecular formula is C13H20N4O. The van der Waals surface area contributed by atoms with E-state index in [1.807, 2.05) is 4.90 Å². The molecular weight excluding hydrogens is 228 g/mol. The van der Waals surface area contributed by atoms with E-state index in [1.54, 1.807) is 18.3 Å². The van der Waals surface area contributed by atoms with Crippen molar-refractivity contribution >= 4 is 11.7 Å². The van der Waals surface area contributed by atoms with Gasteiger partial charge in [0.2, 0.25) is 0 Å². The molecule has 0 spiro atoms. The second kappa shape index (κ2) is 5.82. The van der Waals surface area contributed by atoms with Crippen LogP contribution >= 0.6 is 0 Å². The van der Waals surface area contributed by atoms with Gasteiger partial charge in [-0.05, 0) is 37.3 Å². The Bertz CT molecular complexity index is 404.